The van der Waals surface area contributed by atoms with E-state index in [1.54, 1.807) is 0 Å². The SMILES string of the molecule is O=C[C@H](O)[C@@H](O)[C@H](O)[C@H](O)COP(=O)(O)O.O=C[C@H](O)[C@@H](O)[C@H](O)[C@H](O)COP(=O)(O)O. The standard InChI is InChI=1S/2C6H13O9P/c2*7-1-3(8)5(10)6(11)4(9)2-15-16(12,13)14/h2*1,3-6,8-11H,2H2,(H2,12,13,14)/t2*3-,4+,5+,6+/m00/s1. The maximum atomic E-state index is 10.2. The first kappa shape index (κ1) is 33.4. The van der Waals surface area contributed by atoms with Gasteiger partial charge in [-0.2, -0.15) is 0 Å². The lowest BCUT2D eigenvalue weighted by Crippen LogP contribution is -2.46. The quantitative estimate of drug-likeness (QED) is 0.0747. The molecule has 0 aliphatic carbocycles. The molecule has 12 N–H and O–H groups in total. The van der Waals surface area contributed by atoms with Crippen molar-refractivity contribution in [1.82, 2.24) is 0 Å². The molecule has 0 spiro atoms. The van der Waals surface area contributed by atoms with Gasteiger partial charge in [0.05, 0.1) is 13.2 Å². The van der Waals surface area contributed by atoms with E-state index in [0.717, 1.165) is 0 Å². The lowest BCUT2D eigenvalue weighted by molar-refractivity contribution is -0.136. The summed E-state index contributed by atoms with van der Waals surface area (Å²) < 4.78 is 28.2. The molecule has 192 valence electrons. The van der Waals surface area contributed by atoms with Crippen LogP contribution in [-0.2, 0) is 27.8 Å². The van der Waals surface area contributed by atoms with E-state index in [-0.39, 0.29) is 12.6 Å². The number of carbonyl (C=O) groups is 2. The number of phosphoric ester groups is 2. The molecular formula is C12H26O18P2. The molecule has 32 heavy (non-hydrogen) atoms. The molecular weight excluding hydrogens is 494 g/mol. The Bertz CT molecular complexity index is 579. The summed E-state index contributed by atoms with van der Waals surface area (Å²) in [5.74, 6) is 0. The zero-order valence-corrected chi connectivity index (χ0v) is 17.7. The Morgan fingerprint density at radius 1 is 0.562 bits per heavy atom. The zero-order valence-electron chi connectivity index (χ0n) is 15.9. The molecule has 0 aliphatic rings. The number of hydrogen-bond acceptors (Lipinski definition) is 14. The van der Waals surface area contributed by atoms with Gasteiger partial charge in [-0.1, -0.05) is 0 Å². The van der Waals surface area contributed by atoms with Crippen molar-refractivity contribution in [3.05, 3.63) is 0 Å². The minimum atomic E-state index is -4.80. The summed E-state index contributed by atoms with van der Waals surface area (Å²) in [6.07, 6.45) is -15.6. The third-order valence-corrected chi connectivity index (χ3v) is 4.26. The summed E-state index contributed by atoms with van der Waals surface area (Å²) in [4.78, 5) is 53.1. The molecule has 0 rings (SSSR count). The summed E-state index contributed by atoms with van der Waals surface area (Å²) in [6, 6.07) is 0. The number of aliphatic hydroxyl groups excluding tert-OH is 8. The van der Waals surface area contributed by atoms with Gasteiger partial charge in [-0.05, 0) is 0 Å². The Labute approximate surface area is 179 Å². The fraction of sp³-hybridized carbons (Fsp3) is 0.833. The second kappa shape index (κ2) is 15.2. The van der Waals surface area contributed by atoms with Crippen LogP contribution >= 0.6 is 15.6 Å². The molecule has 0 bridgehead atoms. The van der Waals surface area contributed by atoms with Gasteiger partial charge in [-0.3, -0.25) is 9.05 Å². The Morgan fingerprint density at radius 2 is 0.812 bits per heavy atom. The summed E-state index contributed by atoms with van der Waals surface area (Å²) >= 11 is 0. The van der Waals surface area contributed by atoms with Gasteiger partial charge in [0.1, 0.15) is 48.8 Å². The minimum Gasteiger partial charge on any atom is -0.388 e. The topological polar surface area (TPSA) is 330 Å². The summed E-state index contributed by atoms with van der Waals surface area (Å²) in [6.45, 7) is -1.93. The molecule has 0 aromatic rings. The fourth-order valence-corrected chi connectivity index (χ4v) is 2.26. The van der Waals surface area contributed by atoms with Gasteiger partial charge in [0.15, 0.2) is 12.6 Å². The van der Waals surface area contributed by atoms with Crippen LogP contribution in [0.2, 0.25) is 0 Å². The number of aliphatic hydroxyl groups is 8. The van der Waals surface area contributed by atoms with E-state index in [2.05, 4.69) is 9.05 Å². The second-order valence-electron chi connectivity index (χ2n) is 5.92. The third kappa shape index (κ3) is 15.1. The lowest BCUT2D eigenvalue weighted by atomic mass is 10.0. The Hall–Kier alpha value is -0.760. The zero-order chi connectivity index (χ0) is 25.9. The first-order chi connectivity index (χ1) is 14.4. The van der Waals surface area contributed by atoms with E-state index in [1.165, 1.54) is 0 Å². The van der Waals surface area contributed by atoms with Crippen LogP contribution in [0.3, 0.4) is 0 Å². The summed E-state index contributed by atoms with van der Waals surface area (Å²) in [5.41, 5.74) is 0. The molecule has 0 amide bonds. The number of aldehydes is 2. The largest absolute Gasteiger partial charge is 0.469 e. The van der Waals surface area contributed by atoms with Crippen molar-refractivity contribution in [3.8, 4) is 0 Å². The highest BCUT2D eigenvalue weighted by molar-refractivity contribution is 7.46. The molecule has 20 heteroatoms. The number of carbonyl (C=O) groups excluding carboxylic acids is 2. The predicted molar refractivity (Wildman–Crippen MR) is 96.2 cm³/mol. The Balaban J connectivity index is 0. The van der Waals surface area contributed by atoms with Crippen LogP contribution in [0.25, 0.3) is 0 Å². The highest BCUT2D eigenvalue weighted by Gasteiger charge is 2.32. The van der Waals surface area contributed by atoms with E-state index < -0.39 is 77.7 Å². The van der Waals surface area contributed by atoms with Crippen LogP contribution < -0.4 is 0 Å². The molecule has 0 aliphatic heterocycles. The van der Waals surface area contributed by atoms with Crippen LogP contribution in [0.5, 0.6) is 0 Å². The molecule has 0 saturated carbocycles. The maximum absolute atomic E-state index is 10.2. The molecule has 0 radical (unpaired) electrons. The first-order valence-electron chi connectivity index (χ1n) is 8.13. The Morgan fingerprint density at radius 3 is 1.00 bits per heavy atom. The van der Waals surface area contributed by atoms with Crippen LogP contribution in [-0.4, -0.2) is 135 Å². The van der Waals surface area contributed by atoms with Crippen molar-refractivity contribution in [1.29, 1.82) is 0 Å². The normalized spacial score (nSPS) is 19.9. The number of rotatable bonds is 14. The van der Waals surface area contributed by atoms with E-state index in [9.17, 15) is 18.7 Å². The molecule has 8 atom stereocenters. The first-order valence-corrected chi connectivity index (χ1v) is 11.2. The highest BCUT2D eigenvalue weighted by atomic mass is 31.2. The van der Waals surface area contributed by atoms with Gasteiger partial charge in [0, 0.05) is 0 Å². The van der Waals surface area contributed by atoms with Crippen molar-refractivity contribution in [2.75, 3.05) is 13.2 Å². The van der Waals surface area contributed by atoms with Gasteiger partial charge in [0.2, 0.25) is 0 Å². The third-order valence-electron chi connectivity index (χ3n) is 3.29. The van der Waals surface area contributed by atoms with Gasteiger partial charge in [0.25, 0.3) is 0 Å². The molecule has 0 aromatic heterocycles. The maximum Gasteiger partial charge on any atom is 0.469 e. The highest BCUT2D eigenvalue weighted by Crippen LogP contribution is 2.36. The van der Waals surface area contributed by atoms with Crippen molar-refractivity contribution in [3.63, 3.8) is 0 Å². The number of hydrogen-bond donors (Lipinski definition) is 12. The molecule has 0 unspecified atom stereocenters. The molecule has 0 heterocycles. The van der Waals surface area contributed by atoms with Crippen LogP contribution in [0.4, 0.5) is 0 Å². The van der Waals surface area contributed by atoms with Gasteiger partial charge in [-0.25, -0.2) is 9.13 Å². The fourth-order valence-electron chi connectivity index (χ4n) is 1.56. The van der Waals surface area contributed by atoms with E-state index in [1.807, 2.05) is 0 Å². The summed E-state index contributed by atoms with van der Waals surface area (Å²) in [7, 11) is -9.61. The smallest absolute Gasteiger partial charge is 0.388 e. The Kier molecular flexibility index (Phi) is 15.9. The van der Waals surface area contributed by atoms with Crippen molar-refractivity contribution in [2.45, 2.75) is 48.8 Å². The predicted octanol–water partition coefficient (Wildman–Crippen LogP) is -6.52. The molecule has 0 saturated heterocycles. The lowest BCUT2D eigenvalue weighted by Gasteiger charge is -2.23. The average Bonchev–Trinajstić information content (AvgIpc) is 2.71. The minimum absolute atomic E-state index is 0.0650. The van der Waals surface area contributed by atoms with E-state index >= 15 is 0 Å². The second-order valence-corrected chi connectivity index (χ2v) is 8.40. The molecule has 18 nitrogen and oxygen atoms in total. The van der Waals surface area contributed by atoms with Gasteiger partial charge < -0.3 is 70.0 Å². The monoisotopic (exact) mass is 520 g/mol. The molecule has 0 aromatic carbocycles. The van der Waals surface area contributed by atoms with Gasteiger partial charge >= 0.3 is 15.6 Å². The van der Waals surface area contributed by atoms with Crippen LogP contribution in [0.15, 0.2) is 0 Å². The van der Waals surface area contributed by atoms with Crippen LogP contribution in [0.1, 0.15) is 0 Å². The summed E-state index contributed by atoms with van der Waals surface area (Å²) in [5, 5.41) is 72.1. The average molecular weight is 520 g/mol. The van der Waals surface area contributed by atoms with E-state index in [4.69, 9.17) is 60.4 Å². The van der Waals surface area contributed by atoms with Crippen molar-refractivity contribution < 1.29 is 88.2 Å². The number of phosphoric acid groups is 2. The van der Waals surface area contributed by atoms with Crippen molar-refractivity contribution in [2.24, 2.45) is 0 Å². The van der Waals surface area contributed by atoms with Crippen molar-refractivity contribution >= 4 is 28.2 Å². The van der Waals surface area contributed by atoms with Crippen LogP contribution in [0, 0.1) is 0 Å². The van der Waals surface area contributed by atoms with Gasteiger partial charge in [-0.15, -0.1) is 0 Å². The van der Waals surface area contributed by atoms with E-state index in [0.29, 0.717) is 0 Å². The molecule has 0 fully saturated rings.